The number of hydrogen-bond acceptors (Lipinski definition) is 6. The van der Waals surface area contributed by atoms with Gasteiger partial charge in [-0.2, -0.15) is 0 Å². The molecule has 100 valence electrons. The molecule has 1 aromatic heterocycles. The maximum absolute atomic E-state index is 11.7. The quantitative estimate of drug-likeness (QED) is 0.457. The van der Waals surface area contributed by atoms with Gasteiger partial charge in [0.25, 0.3) is 0 Å². The number of aryl methyl sites for hydroxylation is 1. The van der Waals surface area contributed by atoms with Crippen LogP contribution in [-0.4, -0.2) is 42.6 Å². The van der Waals surface area contributed by atoms with Crippen LogP contribution in [0.15, 0.2) is 11.4 Å². The molecule has 0 spiro atoms. The third kappa shape index (κ3) is 3.39. The number of aromatic nitrogens is 2. The van der Waals surface area contributed by atoms with Gasteiger partial charge in [-0.15, -0.1) is 11.6 Å². The molecule has 0 bridgehead atoms. The van der Waals surface area contributed by atoms with E-state index in [4.69, 9.17) is 16.3 Å². The van der Waals surface area contributed by atoms with Gasteiger partial charge in [0.2, 0.25) is 15.0 Å². The van der Waals surface area contributed by atoms with Crippen LogP contribution in [0, 0.1) is 6.92 Å². The lowest BCUT2D eigenvalue weighted by atomic mass is 10.2. The fraction of sp³-hybridized carbons (Fsp3) is 0.500. The summed E-state index contributed by atoms with van der Waals surface area (Å²) in [5.74, 6) is -0.854. The molecule has 0 unspecified atom stereocenters. The Morgan fingerprint density at radius 3 is 2.67 bits per heavy atom. The summed E-state index contributed by atoms with van der Waals surface area (Å²) in [6.07, 6.45) is 1.15. The minimum Gasteiger partial charge on any atom is -0.462 e. The number of hydrogen-bond donors (Lipinski definition) is 0. The van der Waals surface area contributed by atoms with Crippen molar-refractivity contribution in [1.82, 2.24) is 9.97 Å². The molecule has 0 saturated heterocycles. The Kier molecular flexibility index (Phi) is 5.03. The maximum atomic E-state index is 11.7. The van der Waals surface area contributed by atoms with E-state index in [-0.39, 0.29) is 34.7 Å². The Morgan fingerprint density at radius 2 is 2.17 bits per heavy atom. The predicted octanol–water partition coefficient (Wildman–Crippen LogP) is 0.974. The van der Waals surface area contributed by atoms with E-state index >= 15 is 0 Å². The normalized spacial score (nSPS) is 11.3. The van der Waals surface area contributed by atoms with Crippen LogP contribution in [0.2, 0.25) is 0 Å². The molecule has 1 aromatic rings. The van der Waals surface area contributed by atoms with Crippen LogP contribution < -0.4 is 0 Å². The van der Waals surface area contributed by atoms with Gasteiger partial charge in [-0.05, 0) is 13.8 Å². The Labute approximate surface area is 110 Å². The largest absolute Gasteiger partial charge is 0.462 e. The van der Waals surface area contributed by atoms with Gasteiger partial charge in [0.05, 0.1) is 23.6 Å². The van der Waals surface area contributed by atoms with Crippen molar-refractivity contribution >= 4 is 27.4 Å². The van der Waals surface area contributed by atoms with Crippen LogP contribution in [0.5, 0.6) is 0 Å². The monoisotopic (exact) mass is 292 g/mol. The minimum absolute atomic E-state index is 0.0373. The predicted molar refractivity (Wildman–Crippen MR) is 65.5 cm³/mol. The van der Waals surface area contributed by atoms with Crippen LogP contribution in [0.4, 0.5) is 0 Å². The van der Waals surface area contributed by atoms with Crippen LogP contribution in [0.3, 0.4) is 0 Å². The summed E-state index contributed by atoms with van der Waals surface area (Å²) >= 11 is 5.39. The number of rotatable bonds is 5. The smallest absolute Gasteiger partial charge is 0.341 e. The molecule has 1 rings (SSSR count). The average Bonchev–Trinajstić information content (AvgIpc) is 2.29. The van der Waals surface area contributed by atoms with Crippen LogP contribution in [0.25, 0.3) is 0 Å². The number of nitrogens with zero attached hydrogens (tertiary/aromatic N) is 2. The molecule has 0 aliphatic carbocycles. The first-order valence-corrected chi connectivity index (χ1v) is 7.40. The molecule has 0 amide bonds. The zero-order valence-electron chi connectivity index (χ0n) is 10.0. The van der Waals surface area contributed by atoms with Gasteiger partial charge in [-0.1, -0.05) is 0 Å². The molecule has 0 fully saturated rings. The van der Waals surface area contributed by atoms with E-state index in [0.29, 0.717) is 0 Å². The lowest BCUT2D eigenvalue weighted by molar-refractivity contribution is 0.0524. The van der Waals surface area contributed by atoms with E-state index in [0.717, 1.165) is 6.20 Å². The van der Waals surface area contributed by atoms with E-state index in [2.05, 4.69) is 9.97 Å². The number of carbonyl (C=O) groups excluding carboxylic acids is 1. The molecule has 0 aliphatic heterocycles. The third-order valence-electron chi connectivity index (χ3n) is 2.08. The Morgan fingerprint density at radius 1 is 1.50 bits per heavy atom. The average molecular weight is 293 g/mol. The number of sulfone groups is 1. The van der Waals surface area contributed by atoms with Gasteiger partial charge in [-0.3, -0.25) is 0 Å². The van der Waals surface area contributed by atoms with Crippen molar-refractivity contribution in [2.24, 2.45) is 0 Å². The van der Waals surface area contributed by atoms with Crippen molar-refractivity contribution in [1.29, 1.82) is 0 Å². The van der Waals surface area contributed by atoms with E-state index in [1.807, 2.05) is 0 Å². The first-order chi connectivity index (χ1) is 8.42. The molecular formula is C10H13ClN2O4S. The van der Waals surface area contributed by atoms with Gasteiger partial charge in [0.15, 0.2) is 0 Å². The molecule has 0 aromatic carbocycles. The molecule has 0 saturated carbocycles. The summed E-state index contributed by atoms with van der Waals surface area (Å²) in [6, 6.07) is 0. The van der Waals surface area contributed by atoms with Gasteiger partial charge in [0, 0.05) is 12.1 Å². The molecule has 1 heterocycles. The molecule has 0 radical (unpaired) electrons. The Hall–Kier alpha value is -1.21. The van der Waals surface area contributed by atoms with Crippen molar-refractivity contribution in [3.05, 3.63) is 17.5 Å². The van der Waals surface area contributed by atoms with Gasteiger partial charge >= 0.3 is 5.97 Å². The van der Waals surface area contributed by atoms with Crippen LogP contribution >= 0.6 is 11.6 Å². The second-order valence-corrected chi connectivity index (χ2v) is 5.76. The lowest BCUT2D eigenvalue weighted by Gasteiger charge is -2.06. The summed E-state index contributed by atoms with van der Waals surface area (Å²) in [4.78, 5) is 19.0. The highest BCUT2D eigenvalue weighted by molar-refractivity contribution is 7.91. The number of ether oxygens (including phenoxy) is 1. The fourth-order valence-corrected chi connectivity index (χ4v) is 2.68. The number of carbonyl (C=O) groups is 1. The zero-order valence-corrected chi connectivity index (χ0v) is 11.6. The van der Waals surface area contributed by atoms with Crippen molar-refractivity contribution in [3.8, 4) is 0 Å². The molecule has 0 aliphatic rings. The fourth-order valence-electron chi connectivity index (χ4n) is 1.20. The highest BCUT2D eigenvalue weighted by Crippen LogP contribution is 2.11. The Balaban J connectivity index is 3.10. The zero-order chi connectivity index (χ0) is 13.8. The number of halogens is 1. The molecule has 6 nitrogen and oxygen atoms in total. The highest BCUT2D eigenvalue weighted by Gasteiger charge is 2.20. The van der Waals surface area contributed by atoms with Gasteiger partial charge in [0.1, 0.15) is 0 Å². The molecular weight excluding hydrogens is 280 g/mol. The molecule has 8 heteroatoms. The van der Waals surface area contributed by atoms with Crippen molar-refractivity contribution in [2.75, 3.05) is 18.2 Å². The molecule has 0 N–H and O–H groups in total. The lowest BCUT2D eigenvalue weighted by Crippen LogP contribution is -2.15. The van der Waals surface area contributed by atoms with Crippen LogP contribution in [-0.2, 0) is 14.6 Å². The van der Waals surface area contributed by atoms with Gasteiger partial charge < -0.3 is 4.74 Å². The van der Waals surface area contributed by atoms with Gasteiger partial charge in [-0.25, -0.2) is 23.2 Å². The van der Waals surface area contributed by atoms with E-state index in [9.17, 15) is 13.2 Å². The first-order valence-electron chi connectivity index (χ1n) is 5.22. The summed E-state index contributed by atoms with van der Waals surface area (Å²) in [5.41, 5.74) is 0.415. The van der Waals surface area contributed by atoms with Crippen molar-refractivity contribution in [3.63, 3.8) is 0 Å². The number of alkyl halides is 1. The topological polar surface area (TPSA) is 86.2 Å². The van der Waals surface area contributed by atoms with E-state index in [1.165, 1.54) is 6.92 Å². The molecule has 18 heavy (non-hydrogen) atoms. The third-order valence-corrected chi connectivity index (χ3v) is 3.98. The van der Waals surface area contributed by atoms with Crippen molar-refractivity contribution in [2.45, 2.75) is 19.0 Å². The standard InChI is InChI=1S/C10H13ClN2O4S/c1-3-17-9(14)8-6-12-10(13-7(8)2)18(15,16)5-4-11/h6H,3-5H2,1-2H3. The minimum atomic E-state index is -3.59. The second kappa shape index (κ2) is 6.10. The summed E-state index contributed by atoms with van der Waals surface area (Å²) in [6.45, 7) is 3.42. The first kappa shape index (κ1) is 14.8. The summed E-state index contributed by atoms with van der Waals surface area (Å²) < 4.78 is 28.1. The summed E-state index contributed by atoms with van der Waals surface area (Å²) in [5, 5.41) is -0.325. The maximum Gasteiger partial charge on any atom is 0.341 e. The molecule has 0 atom stereocenters. The van der Waals surface area contributed by atoms with E-state index in [1.54, 1.807) is 6.92 Å². The van der Waals surface area contributed by atoms with Crippen molar-refractivity contribution < 1.29 is 17.9 Å². The summed E-state index contributed by atoms with van der Waals surface area (Å²) in [7, 11) is -3.59. The SMILES string of the molecule is CCOC(=O)c1cnc(S(=O)(=O)CCCl)nc1C. The van der Waals surface area contributed by atoms with Crippen LogP contribution in [0.1, 0.15) is 23.0 Å². The second-order valence-electron chi connectivity index (χ2n) is 3.38. The highest BCUT2D eigenvalue weighted by atomic mass is 35.5. The Bertz CT molecular complexity index is 545. The van der Waals surface area contributed by atoms with E-state index < -0.39 is 15.8 Å². The number of esters is 1.